The van der Waals surface area contributed by atoms with Crippen LogP contribution in [0.5, 0.6) is 0 Å². The highest BCUT2D eigenvalue weighted by atomic mass is 15.4. The van der Waals surface area contributed by atoms with E-state index in [1.807, 2.05) is 10.8 Å². The molecule has 0 aliphatic heterocycles. The van der Waals surface area contributed by atoms with Crippen LogP contribution < -0.4 is 5.59 Å². The van der Waals surface area contributed by atoms with Crippen molar-refractivity contribution in [2.24, 2.45) is 0 Å². The molecule has 75 valence electrons. The molecule has 0 aromatic carbocycles. The van der Waals surface area contributed by atoms with Gasteiger partial charge in [0.25, 0.3) is 6.85 Å². The lowest BCUT2D eigenvalue weighted by atomic mass is 9.53. The molecule has 0 atom stereocenters. The molecule has 0 bridgehead atoms. The summed E-state index contributed by atoms with van der Waals surface area (Å²) in [6.07, 6.45) is 1.83. The quantitative estimate of drug-likeness (QED) is 0.670. The van der Waals surface area contributed by atoms with E-state index in [1.54, 1.807) is 0 Å². The second-order valence-electron chi connectivity index (χ2n) is 4.50. The topological polar surface area (TPSA) is 30.7 Å². The first-order chi connectivity index (χ1) is 6.52. The number of hydrogen-bond acceptors (Lipinski definition) is 2. The Labute approximate surface area is 87.6 Å². The molecule has 0 amide bonds. The minimum Gasteiger partial charge on any atom is -0.304 e. The maximum atomic E-state index is 4.13. The number of hydrogen-bond donors (Lipinski definition) is 0. The Balaban J connectivity index is 2.81. The fourth-order valence-electron chi connectivity index (χ4n) is 1.31. The summed E-state index contributed by atoms with van der Waals surface area (Å²) in [5, 5.41) is 8.09. The first kappa shape index (κ1) is 11.3. The molecule has 0 fully saturated rings. The van der Waals surface area contributed by atoms with Gasteiger partial charge in [-0.05, 0) is 11.4 Å². The van der Waals surface area contributed by atoms with Gasteiger partial charge in [-0.1, -0.05) is 45.5 Å². The van der Waals surface area contributed by atoms with E-state index >= 15 is 0 Å². The Morgan fingerprint density at radius 2 is 2.00 bits per heavy atom. The molecular formula is C9H18B2N3. The van der Waals surface area contributed by atoms with Crippen LogP contribution in [0.25, 0.3) is 0 Å². The van der Waals surface area contributed by atoms with Gasteiger partial charge in [0.1, 0.15) is 0 Å². The van der Waals surface area contributed by atoms with E-state index in [9.17, 15) is 0 Å². The van der Waals surface area contributed by atoms with Gasteiger partial charge >= 0.3 is 0 Å². The molecule has 3 nitrogen and oxygen atoms in total. The third kappa shape index (κ3) is 2.63. The fraction of sp³-hybridized carbons (Fsp3) is 0.778. The van der Waals surface area contributed by atoms with Gasteiger partial charge in [0.2, 0.25) is 0 Å². The lowest BCUT2D eigenvalue weighted by Crippen LogP contribution is -2.37. The van der Waals surface area contributed by atoms with E-state index in [1.165, 1.54) is 0 Å². The first-order valence-electron chi connectivity index (χ1n) is 5.27. The monoisotopic (exact) mass is 190 g/mol. The molecular weight excluding hydrogens is 172 g/mol. The van der Waals surface area contributed by atoms with Gasteiger partial charge in [0.15, 0.2) is 7.28 Å². The predicted octanol–water partition coefficient (Wildman–Crippen LogP) is 1.32. The Hall–Kier alpha value is -0.730. The lowest BCUT2D eigenvalue weighted by Gasteiger charge is -2.15. The van der Waals surface area contributed by atoms with E-state index < -0.39 is 0 Å². The maximum absolute atomic E-state index is 4.13. The van der Waals surface area contributed by atoms with E-state index in [2.05, 4.69) is 52.1 Å². The minimum atomic E-state index is 0.405. The van der Waals surface area contributed by atoms with E-state index in [0.717, 1.165) is 5.59 Å². The fourth-order valence-corrected chi connectivity index (χ4v) is 1.31. The Bertz CT molecular complexity index is 283. The highest BCUT2D eigenvalue weighted by molar-refractivity contribution is 6.62. The van der Waals surface area contributed by atoms with Crippen molar-refractivity contribution >= 4 is 19.7 Å². The average Bonchev–Trinajstić information content (AvgIpc) is 2.49. The molecule has 0 saturated heterocycles. The van der Waals surface area contributed by atoms with Crippen molar-refractivity contribution in [1.82, 2.24) is 14.9 Å². The maximum Gasteiger partial charge on any atom is 0.284 e. The SMILES string of the molecule is CB(C(C)C)n1nncc1[B]C(C)C. The molecule has 1 aromatic heterocycles. The van der Waals surface area contributed by atoms with Crippen molar-refractivity contribution in [3.8, 4) is 0 Å². The van der Waals surface area contributed by atoms with Crippen LogP contribution >= 0.6 is 0 Å². The second kappa shape index (κ2) is 4.67. The van der Waals surface area contributed by atoms with Crippen molar-refractivity contribution in [3.63, 3.8) is 0 Å². The van der Waals surface area contributed by atoms with E-state index in [0.29, 0.717) is 18.5 Å². The standard InChI is InChI=1S/C9H18B2N3/c1-7(2)10-9-6-12-13-14(9)11(5)8(3)4/h6-8H,1-5H3. The third-order valence-electron chi connectivity index (χ3n) is 2.46. The number of aromatic nitrogens is 3. The smallest absolute Gasteiger partial charge is 0.284 e. The predicted molar refractivity (Wildman–Crippen MR) is 62.6 cm³/mol. The molecule has 0 aliphatic rings. The van der Waals surface area contributed by atoms with Crippen LogP contribution in [0, 0.1) is 0 Å². The van der Waals surface area contributed by atoms with Crippen molar-refractivity contribution in [2.75, 3.05) is 0 Å². The summed E-state index contributed by atoms with van der Waals surface area (Å²) >= 11 is 0. The highest BCUT2D eigenvalue weighted by Gasteiger charge is 2.19. The summed E-state index contributed by atoms with van der Waals surface area (Å²) < 4.78 is 2.00. The van der Waals surface area contributed by atoms with Crippen LogP contribution in [0.1, 0.15) is 27.7 Å². The van der Waals surface area contributed by atoms with Crippen molar-refractivity contribution < 1.29 is 0 Å². The van der Waals surface area contributed by atoms with E-state index in [4.69, 9.17) is 0 Å². The zero-order valence-electron chi connectivity index (χ0n) is 9.73. The van der Waals surface area contributed by atoms with Crippen LogP contribution in [0.4, 0.5) is 0 Å². The van der Waals surface area contributed by atoms with Crippen LogP contribution in [-0.4, -0.2) is 29.0 Å². The van der Waals surface area contributed by atoms with Gasteiger partial charge in [-0.2, -0.15) is 0 Å². The molecule has 1 heterocycles. The summed E-state index contributed by atoms with van der Waals surface area (Å²) in [6.45, 7) is 11.3. The summed E-state index contributed by atoms with van der Waals surface area (Å²) in [5.41, 5.74) is 1.13. The second-order valence-corrected chi connectivity index (χ2v) is 4.50. The molecule has 1 aromatic rings. The summed E-state index contributed by atoms with van der Waals surface area (Å²) in [5.74, 6) is 1.11. The Morgan fingerprint density at radius 3 is 2.50 bits per heavy atom. The first-order valence-corrected chi connectivity index (χ1v) is 5.27. The molecule has 1 radical (unpaired) electrons. The summed E-state index contributed by atoms with van der Waals surface area (Å²) in [4.78, 5) is 0. The molecule has 0 spiro atoms. The van der Waals surface area contributed by atoms with Gasteiger partial charge in [0, 0.05) is 0 Å². The minimum absolute atomic E-state index is 0.405. The van der Waals surface area contributed by atoms with Gasteiger partial charge in [-0.15, -0.1) is 5.10 Å². The molecule has 14 heavy (non-hydrogen) atoms. The van der Waals surface area contributed by atoms with Crippen LogP contribution in [0.15, 0.2) is 6.20 Å². The molecule has 0 unspecified atom stereocenters. The lowest BCUT2D eigenvalue weighted by molar-refractivity contribution is 0.835. The van der Waals surface area contributed by atoms with Crippen molar-refractivity contribution in [2.45, 2.75) is 46.2 Å². The Morgan fingerprint density at radius 1 is 1.36 bits per heavy atom. The van der Waals surface area contributed by atoms with Gasteiger partial charge in [-0.3, -0.25) is 0 Å². The van der Waals surface area contributed by atoms with Gasteiger partial charge < -0.3 is 4.59 Å². The third-order valence-corrected chi connectivity index (χ3v) is 2.46. The zero-order valence-corrected chi connectivity index (χ0v) is 9.73. The normalized spacial score (nSPS) is 11.1. The van der Waals surface area contributed by atoms with Crippen LogP contribution in [-0.2, 0) is 0 Å². The van der Waals surface area contributed by atoms with Crippen molar-refractivity contribution in [3.05, 3.63) is 6.20 Å². The van der Waals surface area contributed by atoms with Crippen LogP contribution in [0.2, 0.25) is 18.5 Å². The molecule has 1 rings (SSSR count). The average molecular weight is 190 g/mol. The largest absolute Gasteiger partial charge is 0.304 e. The summed E-state index contributed by atoms with van der Waals surface area (Å²) in [6, 6.07) is 0. The van der Waals surface area contributed by atoms with Gasteiger partial charge in [-0.25, -0.2) is 0 Å². The van der Waals surface area contributed by atoms with Crippen LogP contribution in [0.3, 0.4) is 0 Å². The molecule has 0 saturated carbocycles. The zero-order chi connectivity index (χ0) is 10.7. The Kier molecular flexibility index (Phi) is 3.78. The molecule has 0 aliphatic carbocycles. The molecule has 5 heteroatoms. The summed E-state index contributed by atoms with van der Waals surface area (Å²) in [7, 11) is 2.19. The van der Waals surface area contributed by atoms with Gasteiger partial charge in [0.05, 0.1) is 6.20 Å². The number of nitrogens with zero attached hydrogens (tertiary/aromatic N) is 3. The number of rotatable bonds is 4. The van der Waals surface area contributed by atoms with Crippen molar-refractivity contribution in [1.29, 1.82) is 0 Å². The highest BCUT2D eigenvalue weighted by Crippen LogP contribution is 2.07. The van der Waals surface area contributed by atoms with E-state index in [-0.39, 0.29) is 0 Å². The molecule has 0 N–H and O–H groups in total.